The van der Waals surface area contributed by atoms with E-state index in [0.29, 0.717) is 12.0 Å². The van der Waals surface area contributed by atoms with Gasteiger partial charge in [-0.1, -0.05) is 0 Å². The number of ether oxygens (including phenoxy) is 1. The summed E-state index contributed by atoms with van der Waals surface area (Å²) in [5.74, 6) is -0.716. The Kier molecular flexibility index (Phi) is 2.86. The maximum Gasteiger partial charge on any atom is 0.309 e. The average Bonchev–Trinajstić information content (AvgIpc) is 3.11. The largest absolute Gasteiger partial charge is 0.469 e. The van der Waals surface area contributed by atoms with E-state index in [1.165, 1.54) is 7.11 Å². The lowest BCUT2D eigenvalue weighted by Crippen LogP contribution is -2.10. The maximum absolute atomic E-state index is 12.3. The number of hydrogen-bond acceptors (Lipinski definition) is 5. The predicted molar refractivity (Wildman–Crippen MR) is 72.3 cm³/mol. The van der Waals surface area contributed by atoms with Crippen LogP contribution < -0.4 is 0 Å². The van der Waals surface area contributed by atoms with E-state index in [1.54, 1.807) is 17.4 Å². The van der Waals surface area contributed by atoms with Crippen molar-refractivity contribution >= 4 is 33.3 Å². The fourth-order valence-electron chi connectivity index (χ4n) is 2.30. The van der Waals surface area contributed by atoms with E-state index in [1.807, 2.05) is 19.1 Å². The number of fused-ring (bicyclic) bond motifs is 1. The topological polar surface area (TPSA) is 56.3 Å². The number of ketones is 1. The molecule has 2 atom stereocenters. The molecule has 4 nitrogen and oxygen atoms in total. The van der Waals surface area contributed by atoms with Crippen molar-refractivity contribution in [2.24, 2.45) is 11.8 Å². The fraction of sp³-hybridized carbons (Fsp3) is 0.357. The first-order valence-corrected chi connectivity index (χ1v) is 6.91. The normalized spacial score (nSPS) is 21.4. The van der Waals surface area contributed by atoms with Crippen LogP contribution in [0, 0.1) is 18.8 Å². The predicted octanol–water partition coefficient (Wildman–Crippen LogP) is 2.60. The van der Waals surface area contributed by atoms with Gasteiger partial charge in [-0.2, -0.15) is 0 Å². The summed E-state index contributed by atoms with van der Waals surface area (Å²) in [6.07, 6.45) is 0.602. The van der Waals surface area contributed by atoms with Crippen molar-refractivity contribution in [3.05, 3.63) is 28.8 Å². The number of benzene rings is 1. The van der Waals surface area contributed by atoms with E-state index >= 15 is 0 Å². The quantitative estimate of drug-likeness (QED) is 0.638. The van der Waals surface area contributed by atoms with Crippen LogP contribution in [0.2, 0.25) is 0 Å². The maximum atomic E-state index is 12.3. The molecule has 1 aromatic heterocycles. The van der Waals surface area contributed by atoms with E-state index in [9.17, 15) is 9.59 Å². The molecule has 0 radical (unpaired) electrons. The van der Waals surface area contributed by atoms with E-state index in [-0.39, 0.29) is 23.6 Å². The second-order valence-corrected chi connectivity index (χ2v) is 5.99. The number of methoxy groups -OCH3 is 1. The van der Waals surface area contributed by atoms with Gasteiger partial charge in [0, 0.05) is 11.5 Å². The SMILES string of the molecule is COC(=O)[C@H]1C[C@@H]1C(=O)c1ccc2nc(C)sc2c1. The number of carbonyl (C=O) groups is 2. The number of Topliss-reactive ketones (excluding diaryl/α,β-unsaturated/α-hetero) is 1. The van der Waals surface area contributed by atoms with Gasteiger partial charge in [0.25, 0.3) is 0 Å². The van der Waals surface area contributed by atoms with Gasteiger partial charge >= 0.3 is 5.97 Å². The molecule has 1 saturated carbocycles. The Balaban J connectivity index is 1.84. The summed E-state index contributed by atoms with van der Waals surface area (Å²) in [5.41, 5.74) is 1.58. The van der Waals surface area contributed by atoms with Crippen LogP contribution in [-0.2, 0) is 9.53 Å². The number of aryl methyl sites for hydroxylation is 1. The molecule has 1 heterocycles. The molecule has 0 amide bonds. The summed E-state index contributed by atoms with van der Waals surface area (Å²) in [6.45, 7) is 1.94. The smallest absolute Gasteiger partial charge is 0.309 e. The summed E-state index contributed by atoms with van der Waals surface area (Å²) in [4.78, 5) is 28.0. The van der Waals surface area contributed by atoms with Crippen molar-refractivity contribution in [3.63, 3.8) is 0 Å². The van der Waals surface area contributed by atoms with Crippen molar-refractivity contribution < 1.29 is 14.3 Å². The van der Waals surface area contributed by atoms with Gasteiger partial charge in [-0.25, -0.2) is 4.98 Å². The fourth-order valence-corrected chi connectivity index (χ4v) is 3.17. The van der Waals surface area contributed by atoms with Crippen LogP contribution in [-0.4, -0.2) is 23.8 Å². The summed E-state index contributed by atoms with van der Waals surface area (Å²) in [5, 5.41) is 0.985. The third-order valence-corrected chi connectivity index (χ3v) is 4.34. The van der Waals surface area contributed by atoms with Gasteiger partial charge in [-0.15, -0.1) is 11.3 Å². The molecule has 1 aliphatic rings. The number of carbonyl (C=O) groups excluding carboxylic acids is 2. The number of thiazole rings is 1. The number of esters is 1. The highest BCUT2D eigenvalue weighted by molar-refractivity contribution is 7.18. The number of rotatable bonds is 3. The number of nitrogens with zero attached hydrogens (tertiary/aromatic N) is 1. The highest BCUT2D eigenvalue weighted by Crippen LogP contribution is 2.42. The van der Waals surface area contributed by atoms with Crippen LogP contribution >= 0.6 is 11.3 Å². The molecule has 0 unspecified atom stereocenters. The first kappa shape index (κ1) is 12.3. The van der Waals surface area contributed by atoms with Gasteiger partial charge in [-0.05, 0) is 31.5 Å². The van der Waals surface area contributed by atoms with Crippen LogP contribution in [0.3, 0.4) is 0 Å². The van der Waals surface area contributed by atoms with Gasteiger partial charge in [0.15, 0.2) is 5.78 Å². The Hall–Kier alpha value is -1.75. The van der Waals surface area contributed by atoms with Gasteiger partial charge in [-0.3, -0.25) is 9.59 Å². The first-order chi connectivity index (χ1) is 9.10. The van der Waals surface area contributed by atoms with E-state index in [2.05, 4.69) is 9.72 Å². The minimum absolute atomic E-state index is 0.0309. The summed E-state index contributed by atoms with van der Waals surface area (Å²) in [7, 11) is 1.36. The Bertz CT molecular complexity index is 676. The lowest BCUT2D eigenvalue weighted by atomic mass is 10.1. The molecule has 5 heteroatoms. The molecule has 2 aromatic rings. The average molecular weight is 275 g/mol. The monoisotopic (exact) mass is 275 g/mol. The summed E-state index contributed by atoms with van der Waals surface area (Å²) in [6, 6.07) is 5.52. The highest BCUT2D eigenvalue weighted by Gasteiger charge is 2.48. The van der Waals surface area contributed by atoms with E-state index in [4.69, 9.17) is 0 Å². The molecule has 19 heavy (non-hydrogen) atoms. The third kappa shape index (κ3) is 2.14. The van der Waals surface area contributed by atoms with E-state index < -0.39 is 0 Å². The van der Waals surface area contributed by atoms with Gasteiger partial charge < -0.3 is 4.74 Å². The van der Waals surface area contributed by atoms with Crippen molar-refractivity contribution in [1.29, 1.82) is 0 Å². The zero-order valence-electron chi connectivity index (χ0n) is 10.7. The first-order valence-electron chi connectivity index (χ1n) is 6.09. The second kappa shape index (κ2) is 4.42. The molecule has 0 spiro atoms. The van der Waals surface area contributed by atoms with Gasteiger partial charge in [0.2, 0.25) is 0 Å². The zero-order chi connectivity index (χ0) is 13.6. The molecule has 1 aromatic carbocycles. The molecule has 0 N–H and O–H groups in total. The third-order valence-electron chi connectivity index (χ3n) is 3.41. The van der Waals surface area contributed by atoms with Crippen molar-refractivity contribution in [2.75, 3.05) is 7.11 Å². The van der Waals surface area contributed by atoms with E-state index in [0.717, 1.165) is 15.2 Å². The molecule has 3 rings (SSSR count). The Morgan fingerprint density at radius 2 is 2.16 bits per heavy atom. The molecular weight excluding hydrogens is 262 g/mol. The number of aromatic nitrogens is 1. The van der Waals surface area contributed by atoms with Crippen molar-refractivity contribution in [3.8, 4) is 0 Å². The standard InChI is InChI=1S/C14H13NO3S/c1-7-15-11-4-3-8(5-12(11)19-7)13(16)9-6-10(9)14(17)18-2/h3-5,9-10H,6H2,1-2H3/t9-,10-/m0/s1. The molecule has 0 aliphatic heterocycles. The van der Waals surface area contributed by atoms with Crippen LogP contribution in [0.4, 0.5) is 0 Å². The Morgan fingerprint density at radius 1 is 1.37 bits per heavy atom. The van der Waals surface area contributed by atoms with Crippen LogP contribution in [0.25, 0.3) is 10.2 Å². The molecule has 0 saturated heterocycles. The van der Waals surface area contributed by atoms with Crippen molar-refractivity contribution in [1.82, 2.24) is 4.98 Å². The molecule has 98 valence electrons. The second-order valence-electron chi connectivity index (χ2n) is 4.75. The highest BCUT2D eigenvalue weighted by atomic mass is 32.1. The zero-order valence-corrected chi connectivity index (χ0v) is 11.5. The van der Waals surface area contributed by atoms with Gasteiger partial charge in [0.05, 0.1) is 28.3 Å². The van der Waals surface area contributed by atoms with Crippen LogP contribution in [0.1, 0.15) is 21.8 Å². The van der Waals surface area contributed by atoms with Crippen LogP contribution in [0.5, 0.6) is 0 Å². The number of hydrogen-bond donors (Lipinski definition) is 0. The molecular formula is C14H13NO3S. The Labute approximate surface area is 114 Å². The van der Waals surface area contributed by atoms with Crippen LogP contribution in [0.15, 0.2) is 18.2 Å². The molecule has 0 bridgehead atoms. The lowest BCUT2D eigenvalue weighted by Gasteiger charge is -2.00. The summed E-state index contributed by atoms with van der Waals surface area (Å²) < 4.78 is 5.68. The summed E-state index contributed by atoms with van der Waals surface area (Å²) >= 11 is 1.57. The van der Waals surface area contributed by atoms with Crippen molar-refractivity contribution in [2.45, 2.75) is 13.3 Å². The minimum atomic E-state index is -0.284. The lowest BCUT2D eigenvalue weighted by molar-refractivity contribution is -0.142. The minimum Gasteiger partial charge on any atom is -0.469 e. The molecule has 1 fully saturated rings. The van der Waals surface area contributed by atoms with Gasteiger partial charge in [0.1, 0.15) is 0 Å². The Morgan fingerprint density at radius 3 is 2.89 bits per heavy atom. The molecule has 1 aliphatic carbocycles.